The molecule has 2 aliphatic rings. The highest BCUT2D eigenvalue weighted by Crippen LogP contribution is 2.38. The lowest BCUT2D eigenvalue weighted by Crippen LogP contribution is -2.31. The summed E-state index contributed by atoms with van der Waals surface area (Å²) in [6.07, 6.45) is 0.880. The molecule has 2 heterocycles. The zero-order valence-electron chi connectivity index (χ0n) is 14.7. The molecule has 0 aliphatic carbocycles. The SMILES string of the molecule is Cc1ccc(C2=C(N3CCc4ccccc43)C(=O)N(C)C2=O)cc1C. The van der Waals surface area contributed by atoms with E-state index in [2.05, 4.69) is 6.07 Å². The standard InChI is InChI=1S/C21H20N2O2/c1-13-8-9-16(12-14(13)2)18-19(21(25)22(3)20(18)24)23-11-10-15-6-4-5-7-17(15)23/h4-9,12H,10-11H2,1-3H3. The first-order valence-corrected chi connectivity index (χ1v) is 8.49. The number of hydrogen-bond acceptors (Lipinski definition) is 3. The van der Waals surface area contributed by atoms with Crippen LogP contribution in [-0.4, -0.2) is 30.3 Å². The lowest BCUT2D eigenvalue weighted by molar-refractivity contribution is -0.135. The smallest absolute Gasteiger partial charge is 0.277 e. The third-order valence-corrected chi connectivity index (χ3v) is 5.22. The number of aryl methyl sites for hydroxylation is 2. The average Bonchev–Trinajstić information content (AvgIpc) is 3.12. The summed E-state index contributed by atoms with van der Waals surface area (Å²) in [4.78, 5) is 28.9. The molecule has 0 saturated carbocycles. The first kappa shape index (κ1) is 15.6. The summed E-state index contributed by atoms with van der Waals surface area (Å²) in [5.41, 5.74) is 6.33. The van der Waals surface area contributed by atoms with Crippen molar-refractivity contribution in [3.8, 4) is 0 Å². The van der Waals surface area contributed by atoms with E-state index in [0.29, 0.717) is 11.3 Å². The van der Waals surface area contributed by atoms with Crippen molar-refractivity contribution in [1.29, 1.82) is 0 Å². The topological polar surface area (TPSA) is 40.6 Å². The normalized spacial score (nSPS) is 16.9. The van der Waals surface area contributed by atoms with Crippen LogP contribution in [0.4, 0.5) is 5.69 Å². The fourth-order valence-electron chi connectivity index (χ4n) is 3.61. The number of nitrogens with zero attached hydrogens (tertiary/aromatic N) is 2. The van der Waals surface area contributed by atoms with Crippen LogP contribution < -0.4 is 4.90 Å². The monoisotopic (exact) mass is 332 g/mol. The van der Waals surface area contributed by atoms with Gasteiger partial charge in [0, 0.05) is 19.3 Å². The van der Waals surface area contributed by atoms with Gasteiger partial charge in [0.1, 0.15) is 5.70 Å². The fraction of sp³-hybridized carbons (Fsp3) is 0.238. The van der Waals surface area contributed by atoms with Gasteiger partial charge in [-0.15, -0.1) is 0 Å². The molecule has 2 aromatic carbocycles. The molecular formula is C21H20N2O2. The van der Waals surface area contributed by atoms with Crippen molar-refractivity contribution in [2.24, 2.45) is 0 Å². The third kappa shape index (κ3) is 2.29. The molecule has 4 nitrogen and oxygen atoms in total. The van der Waals surface area contributed by atoms with E-state index in [9.17, 15) is 9.59 Å². The molecule has 0 atom stereocenters. The van der Waals surface area contributed by atoms with Gasteiger partial charge in [-0.05, 0) is 48.6 Å². The van der Waals surface area contributed by atoms with Crippen LogP contribution in [0.2, 0.25) is 0 Å². The predicted octanol–water partition coefficient (Wildman–Crippen LogP) is 3.08. The maximum atomic E-state index is 12.9. The van der Waals surface area contributed by atoms with Crippen molar-refractivity contribution in [3.63, 3.8) is 0 Å². The van der Waals surface area contributed by atoms with Gasteiger partial charge in [-0.25, -0.2) is 0 Å². The van der Waals surface area contributed by atoms with Gasteiger partial charge >= 0.3 is 0 Å². The van der Waals surface area contributed by atoms with Gasteiger partial charge < -0.3 is 4.90 Å². The molecule has 4 heteroatoms. The van der Waals surface area contributed by atoms with E-state index in [4.69, 9.17) is 0 Å². The van der Waals surface area contributed by atoms with Crippen LogP contribution in [0.25, 0.3) is 5.57 Å². The van der Waals surface area contributed by atoms with Gasteiger partial charge in [0.05, 0.1) is 5.57 Å². The van der Waals surface area contributed by atoms with Crippen LogP contribution in [0.3, 0.4) is 0 Å². The Balaban J connectivity index is 1.92. The molecule has 2 amide bonds. The number of hydrogen-bond donors (Lipinski definition) is 0. The maximum absolute atomic E-state index is 12.9. The number of anilines is 1. The maximum Gasteiger partial charge on any atom is 0.277 e. The lowest BCUT2D eigenvalue weighted by Gasteiger charge is -2.21. The van der Waals surface area contributed by atoms with E-state index in [1.54, 1.807) is 7.05 Å². The van der Waals surface area contributed by atoms with Crippen LogP contribution in [0, 0.1) is 13.8 Å². The van der Waals surface area contributed by atoms with E-state index < -0.39 is 0 Å². The number of rotatable bonds is 2. The number of likely N-dealkylation sites (N-methyl/N-ethyl adjacent to an activating group) is 1. The van der Waals surface area contributed by atoms with Gasteiger partial charge in [-0.2, -0.15) is 0 Å². The molecule has 0 aromatic heterocycles. The van der Waals surface area contributed by atoms with Crippen molar-refractivity contribution in [1.82, 2.24) is 4.90 Å². The number of amides is 2. The summed E-state index contributed by atoms with van der Waals surface area (Å²) in [5.74, 6) is -0.456. The van der Waals surface area contributed by atoms with E-state index in [-0.39, 0.29) is 11.8 Å². The zero-order chi connectivity index (χ0) is 17.7. The molecule has 0 bridgehead atoms. The number of benzene rings is 2. The Kier molecular flexibility index (Phi) is 3.49. The predicted molar refractivity (Wildman–Crippen MR) is 98.1 cm³/mol. The minimum atomic E-state index is -0.229. The van der Waals surface area contributed by atoms with Crippen molar-refractivity contribution < 1.29 is 9.59 Å². The Bertz CT molecular complexity index is 943. The van der Waals surface area contributed by atoms with Crippen molar-refractivity contribution >= 4 is 23.1 Å². The Morgan fingerprint density at radius 2 is 1.68 bits per heavy atom. The highest BCUT2D eigenvalue weighted by atomic mass is 16.2. The van der Waals surface area contributed by atoms with Crippen LogP contribution in [0.1, 0.15) is 22.3 Å². The van der Waals surface area contributed by atoms with Crippen LogP contribution in [0.15, 0.2) is 48.2 Å². The fourth-order valence-corrected chi connectivity index (χ4v) is 3.61. The quantitative estimate of drug-likeness (QED) is 0.794. The largest absolute Gasteiger partial charge is 0.336 e. The molecule has 0 spiro atoms. The van der Waals surface area contributed by atoms with Crippen molar-refractivity contribution in [3.05, 3.63) is 70.4 Å². The first-order chi connectivity index (χ1) is 12.0. The summed E-state index contributed by atoms with van der Waals surface area (Å²) in [7, 11) is 1.56. The Morgan fingerprint density at radius 1 is 0.920 bits per heavy atom. The Labute approximate surface area is 147 Å². The van der Waals surface area contributed by atoms with E-state index in [1.165, 1.54) is 16.0 Å². The molecule has 0 radical (unpaired) electrons. The van der Waals surface area contributed by atoms with Gasteiger partial charge in [0.2, 0.25) is 0 Å². The second-order valence-electron chi connectivity index (χ2n) is 6.72. The molecule has 0 fully saturated rings. The number of carbonyl (C=O) groups is 2. The van der Waals surface area contributed by atoms with Crippen molar-refractivity contribution in [2.45, 2.75) is 20.3 Å². The number of imide groups is 1. The van der Waals surface area contributed by atoms with E-state index in [1.807, 2.05) is 55.1 Å². The summed E-state index contributed by atoms with van der Waals surface area (Å²) in [6.45, 7) is 4.78. The van der Waals surface area contributed by atoms with E-state index in [0.717, 1.165) is 29.8 Å². The molecule has 0 unspecified atom stereocenters. The minimum absolute atomic E-state index is 0.227. The zero-order valence-corrected chi connectivity index (χ0v) is 14.7. The number of fused-ring (bicyclic) bond motifs is 1. The Morgan fingerprint density at radius 3 is 2.44 bits per heavy atom. The average molecular weight is 332 g/mol. The van der Waals surface area contributed by atoms with Gasteiger partial charge in [-0.3, -0.25) is 14.5 Å². The van der Waals surface area contributed by atoms with Gasteiger partial charge in [-0.1, -0.05) is 36.4 Å². The highest BCUT2D eigenvalue weighted by Gasteiger charge is 2.41. The summed E-state index contributed by atoms with van der Waals surface area (Å²) in [6, 6.07) is 14.0. The Hall–Kier alpha value is -2.88. The highest BCUT2D eigenvalue weighted by molar-refractivity contribution is 6.36. The molecule has 2 aromatic rings. The number of para-hydroxylation sites is 1. The second-order valence-corrected chi connectivity index (χ2v) is 6.72. The first-order valence-electron chi connectivity index (χ1n) is 8.49. The van der Waals surface area contributed by atoms with Crippen LogP contribution in [-0.2, 0) is 16.0 Å². The summed E-state index contributed by atoms with van der Waals surface area (Å²) in [5, 5.41) is 0. The second kappa shape index (κ2) is 5.59. The molecule has 2 aliphatic heterocycles. The number of carbonyl (C=O) groups excluding carboxylic acids is 2. The van der Waals surface area contributed by atoms with E-state index >= 15 is 0 Å². The minimum Gasteiger partial charge on any atom is -0.336 e. The summed E-state index contributed by atoms with van der Waals surface area (Å²) >= 11 is 0. The van der Waals surface area contributed by atoms with Gasteiger partial charge in [0.25, 0.3) is 11.8 Å². The van der Waals surface area contributed by atoms with Crippen LogP contribution >= 0.6 is 0 Å². The molecule has 126 valence electrons. The molecule has 25 heavy (non-hydrogen) atoms. The lowest BCUT2D eigenvalue weighted by atomic mass is 9.99. The van der Waals surface area contributed by atoms with Gasteiger partial charge in [0.15, 0.2) is 0 Å². The third-order valence-electron chi connectivity index (χ3n) is 5.22. The van der Waals surface area contributed by atoms with Crippen molar-refractivity contribution in [2.75, 3.05) is 18.5 Å². The summed E-state index contributed by atoms with van der Waals surface area (Å²) < 4.78 is 0. The molecule has 4 rings (SSSR count). The molecule has 0 saturated heterocycles. The molecular weight excluding hydrogens is 312 g/mol. The molecule has 0 N–H and O–H groups in total. The van der Waals surface area contributed by atoms with Crippen LogP contribution in [0.5, 0.6) is 0 Å².